The predicted molar refractivity (Wildman–Crippen MR) is 125 cm³/mol. The Balaban J connectivity index is 1.43. The van der Waals surface area contributed by atoms with E-state index in [1.165, 1.54) is 0 Å². The highest BCUT2D eigenvalue weighted by atomic mass is 16.6. The van der Waals surface area contributed by atoms with Gasteiger partial charge in [-0.2, -0.15) is 0 Å². The highest BCUT2D eigenvalue weighted by Gasteiger charge is 2.17. The van der Waals surface area contributed by atoms with Gasteiger partial charge in [0, 0.05) is 18.0 Å². The Hall–Kier alpha value is -4.01. The van der Waals surface area contributed by atoms with E-state index in [-0.39, 0.29) is 12.5 Å². The van der Waals surface area contributed by atoms with Crippen LogP contribution >= 0.6 is 0 Å². The molecule has 1 amide bonds. The molecule has 0 saturated heterocycles. The van der Waals surface area contributed by atoms with Crippen molar-refractivity contribution in [1.29, 1.82) is 0 Å². The van der Waals surface area contributed by atoms with Crippen molar-refractivity contribution in [2.24, 2.45) is 0 Å². The van der Waals surface area contributed by atoms with Gasteiger partial charge in [0.05, 0.1) is 24.9 Å². The van der Waals surface area contributed by atoms with Crippen LogP contribution in [0.3, 0.4) is 0 Å². The molecule has 0 aliphatic rings. The van der Waals surface area contributed by atoms with Gasteiger partial charge in [0.2, 0.25) is 5.95 Å². The van der Waals surface area contributed by atoms with Crippen molar-refractivity contribution in [2.45, 2.75) is 19.6 Å². The second kappa shape index (κ2) is 10.5. The van der Waals surface area contributed by atoms with Gasteiger partial charge in [-0.25, -0.2) is 15.4 Å². The number of amides is 1. The van der Waals surface area contributed by atoms with Crippen molar-refractivity contribution in [2.75, 3.05) is 12.1 Å². The van der Waals surface area contributed by atoms with E-state index >= 15 is 0 Å². The molecule has 0 saturated carbocycles. The number of hydrogen-bond acceptors (Lipinski definition) is 6. The summed E-state index contributed by atoms with van der Waals surface area (Å²) in [6, 6.07) is 20.3. The molecule has 4 N–H and O–H groups in total. The molecule has 8 nitrogen and oxygen atoms in total. The number of carbonyl (C=O) groups excluding carboxylic acids is 1. The van der Waals surface area contributed by atoms with Crippen LogP contribution in [0.4, 0.5) is 5.95 Å². The Bertz CT molecular complexity index is 1200. The molecule has 4 aromatic rings. The van der Waals surface area contributed by atoms with Gasteiger partial charge < -0.3 is 15.4 Å². The lowest BCUT2D eigenvalue weighted by molar-refractivity contribution is 0.0911. The molecule has 0 bridgehead atoms. The van der Waals surface area contributed by atoms with E-state index in [4.69, 9.17) is 4.84 Å². The van der Waals surface area contributed by atoms with Crippen LogP contribution in [0, 0.1) is 6.92 Å². The van der Waals surface area contributed by atoms with Crippen LogP contribution in [-0.2, 0) is 11.4 Å². The van der Waals surface area contributed by atoms with Gasteiger partial charge in [0.1, 0.15) is 5.69 Å². The standard InChI is InChI=1S/C25H25N5O3/c1-17-13-27-25(30-33-16-18-8-4-2-5-9-18)29-23(17)20-12-21(26-14-20)24(32)28-22(15-31)19-10-6-3-7-11-19/h2-14,22,26,31H,15-16H2,1H3,(H,28,32)(H,27,29,30)/t22-/m1/s1. The van der Waals surface area contributed by atoms with E-state index < -0.39 is 6.04 Å². The van der Waals surface area contributed by atoms with Crippen molar-refractivity contribution in [3.05, 3.63) is 102 Å². The Morgan fingerprint density at radius 1 is 1.12 bits per heavy atom. The number of aromatic amines is 1. The number of hydrogen-bond donors (Lipinski definition) is 4. The topological polar surface area (TPSA) is 112 Å². The maximum atomic E-state index is 12.7. The first kappa shape index (κ1) is 22.2. The van der Waals surface area contributed by atoms with Crippen molar-refractivity contribution < 1.29 is 14.7 Å². The number of nitrogens with one attached hydrogen (secondary N) is 3. The summed E-state index contributed by atoms with van der Waals surface area (Å²) in [4.78, 5) is 30.0. The van der Waals surface area contributed by atoms with Crippen LogP contribution in [0.25, 0.3) is 11.3 Å². The summed E-state index contributed by atoms with van der Waals surface area (Å²) in [5.41, 5.74) is 7.26. The molecule has 2 heterocycles. The molecule has 0 spiro atoms. The van der Waals surface area contributed by atoms with Crippen LogP contribution in [0.2, 0.25) is 0 Å². The molecule has 8 heteroatoms. The van der Waals surface area contributed by atoms with E-state index in [0.29, 0.717) is 23.9 Å². The van der Waals surface area contributed by atoms with Gasteiger partial charge in [0.25, 0.3) is 5.91 Å². The van der Waals surface area contributed by atoms with Gasteiger partial charge in [-0.05, 0) is 29.7 Å². The molecule has 168 valence electrons. The number of H-pyrrole nitrogens is 1. The minimum Gasteiger partial charge on any atom is -0.394 e. The van der Waals surface area contributed by atoms with Gasteiger partial charge in [-0.15, -0.1) is 0 Å². The van der Waals surface area contributed by atoms with Crippen molar-refractivity contribution in [1.82, 2.24) is 20.3 Å². The third kappa shape index (κ3) is 5.62. The first-order valence-corrected chi connectivity index (χ1v) is 10.5. The predicted octanol–water partition coefficient (Wildman–Crippen LogP) is 3.79. The Morgan fingerprint density at radius 2 is 1.85 bits per heavy atom. The average Bonchev–Trinajstić information content (AvgIpc) is 3.35. The fraction of sp³-hybridized carbons (Fsp3) is 0.160. The first-order chi connectivity index (χ1) is 16.1. The largest absolute Gasteiger partial charge is 0.394 e. The summed E-state index contributed by atoms with van der Waals surface area (Å²) in [5.74, 6) is 0.00330. The number of anilines is 1. The normalized spacial score (nSPS) is 11.7. The summed E-state index contributed by atoms with van der Waals surface area (Å²) in [6.45, 7) is 2.07. The summed E-state index contributed by atoms with van der Waals surface area (Å²) < 4.78 is 0. The summed E-state index contributed by atoms with van der Waals surface area (Å²) in [5, 5.41) is 12.6. The highest BCUT2D eigenvalue weighted by Crippen LogP contribution is 2.23. The lowest BCUT2D eigenvalue weighted by Crippen LogP contribution is -2.30. The van der Waals surface area contributed by atoms with Crippen LogP contribution < -0.4 is 10.8 Å². The first-order valence-electron chi connectivity index (χ1n) is 10.5. The number of aromatic nitrogens is 3. The van der Waals surface area contributed by atoms with Crippen LogP contribution in [0.5, 0.6) is 0 Å². The van der Waals surface area contributed by atoms with Crippen LogP contribution in [0.15, 0.2) is 79.1 Å². The molecular weight excluding hydrogens is 418 g/mol. The van der Waals surface area contributed by atoms with E-state index in [2.05, 4.69) is 25.7 Å². The maximum Gasteiger partial charge on any atom is 0.268 e. The molecule has 1 atom stereocenters. The monoisotopic (exact) mass is 443 g/mol. The zero-order valence-electron chi connectivity index (χ0n) is 18.2. The zero-order chi connectivity index (χ0) is 23.0. The Kier molecular flexibility index (Phi) is 7.09. The molecule has 0 unspecified atom stereocenters. The summed E-state index contributed by atoms with van der Waals surface area (Å²) in [6.07, 6.45) is 3.41. The second-order valence-corrected chi connectivity index (χ2v) is 7.52. The number of benzene rings is 2. The lowest BCUT2D eigenvalue weighted by atomic mass is 10.1. The minimum absolute atomic E-state index is 0.202. The second-order valence-electron chi connectivity index (χ2n) is 7.52. The molecule has 0 aliphatic carbocycles. The fourth-order valence-corrected chi connectivity index (χ4v) is 3.36. The number of aryl methyl sites for hydroxylation is 1. The lowest BCUT2D eigenvalue weighted by Gasteiger charge is -2.16. The van der Waals surface area contributed by atoms with Gasteiger partial charge >= 0.3 is 0 Å². The van der Waals surface area contributed by atoms with Crippen LogP contribution in [0.1, 0.15) is 33.2 Å². The van der Waals surface area contributed by atoms with Gasteiger partial charge in [-0.3, -0.25) is 9.63 Å². The smallest absolute Gasteiger partial charge is 0.268 e. The van der Waals surface area contributed by atoms with Gasteiger partial charge in [0.15, 0.2) is 0 Å². The molecular formula is C25H25N5O3. The van der Waals surface area contributed by atoms with E-state index in [1.807, 2.05) is 67.6 Å². The molecule has 0 aliphatic heterocycles. The van der Waals surface area contributed by atoms with E-state index in [1.54, 1.807) is 18.5 Å². The Labute approximate surface area is 191 Å². The fourth-order valence-electron chi connectivity index (χ4n) is 3.36. The third-order valence-electron chi connectivity index (χ3n) is 5.11. The average molecular weight is 444 g/mol. The highest BCUT2D eigenvalue weighted by molar-refractivity contribution is 5.94. The van der Waals surface area contributed by atoms with Crippen molar-refractivity contribution in [3.8, 4) is 11.3 Å². The quantitative estimate of drug-likeness (QED) is 0.293. The zero-order valence-corrected chi connectivity index (χ0v) is 18.2. The molecule has 2 aromatic heterocycles. The number of carbonyl (C=O) groups is 1. The molecule has 0 fully saturated rings. The van der Waals surface area contributed by atoms with E-state index in [0.717, 1.165) is 22.3 Å². The van der Waals surface area contributed by atoms with Crippen molar-refractivity contribution in [3.63, 3.8) is 0 Å². The van der Waals surface area contributed by atoms with Crippen molar-refractivity contribution >= 4 is 11.9 Å². The summed E-state index contributed by atoms with van der Waals surface area (Å²) in [7, 11) is 0. The molecule has 4 rings (SSSR count). The summed E-state index contributed by atoms with van der Waals surface area (Å²) >= 11 is 0. The maximum absolute atomic E-state index is 12.7. The molecule has 0 radical (unpaired) electrons. The van der Waals surface area contributed by atoms with Crippen LogP contribution in [-0.4, -0.2) is 32.6 Å². The number of aliphatic hydroxyl groups excluding tert-OH is 1. The number of rotatable bonds is 9. The SMILES string of the molecule is Cc1cnc(NOCc2ccccc2)nc1-c1c[nH]c(C(=O)N[C@H](CO)c2ccccc2)c1. The number of nitrogens with zero attached hydrogens (tertiary/aromatic N) is 2. The number of aliphatic hydroxyl groups is 1. The van der Waals surface area contributed by atoms with Gasteiger partial charge in [-0.1, -0.05) is 60.7 Å². The molecule has 2 aromatic carbocycles. The van der Waals surface area contributed by atoms with E-state index in [9.17, 15) is 9.90 Å². The molecule has 33 heavy (non-hydrogen) atoms. The minimum atomic E-state index is -0.496. The Morgan fingerprint density at radius 3 is 2.58 bits per heavy atom. The third-order valence-corrected chi connectivity index (χ3v) is 5.11.